The van der Waals surface area contributed by atoms with Crippen LogP contribution >= 0.6 is 11.6 Å². The van der Waals surface area contributed by atoms with Crippen LogP contribution in [-0.2, 0) is 0 Å². The van der Waals surface area contributed by atoms with E-state index < -0.39 is 0 Å². The van der Waals surface area contributed by atoms with Crippen molar-refractivity contribution in [3.63, 3.8) is 0 Å². The lowest BCUT2D eigenvalue weighted by molar-refractivity contribution is 0.198. The minimum absolute atomic E-state index is 0.171. The average molecular weight is 361 g/mol. The molecule has 2 aromatic rings. The van der Waals surface area contributed by atoms with Crippen molar-refractivity contribution in [3.05, 3.63) is 58.6 Å². The summed E-state index contributed by atoms with van der Waals surface area (Å²) in [5.74, 6) is 1.55. The lowest BCUT2D eigenvalue weighted by Crippen LogP contribution is -2.45. The predicted molar refractivity (Wildman–Crippen MR) is 102 cm³/mol. The Morgan fingerprint density at radius 2 is 1.72 bits per heavy atom. The highest BCUT2D eigenvalue weighted by Gasteiger charge is 2.25. The first-order valence-electron chi connectivity index (χ1n) is 8.74. The Morgan fingerprint density at radius 1 is 1.04 bits per heavy atom. The van der Waals surface area contributed by atoms with Crippen LogP contribution in [0, 0.1) is 0 Å². The molecule has 1 aliphatic rings. The van der Waals surface area contributed by atoms with E-state index in [2.05, 4.69) is 34.5 Å². The molecule has 0 radical (unpaired) electrons. The van der Waals surface area contributed by atoms with Gasteiger partial charge in [-0.2, -0.15) is 0 Å². The largest absolute Gasteiger partial charge is 0.493 e. The van der Waals surface area contributed by atoms with E-state index in [1.165, 1.54) is 11.1 Å². The molecule has 1 unspecified atom stereocenters. The van der Waals surface area contributed by atoms with Crippen LogP contribution in [0.2, 0.25) is 5.02 Å². The van der Waals surface area contributed by atoms with E-state index in [4.69, 9.17) is 21.1 Å². The normalized spacial score (nSPS) is 16.4. The Bertz CT molecular complexity index is 685. The van der Waals surface area contributed by atoms with Crippen molar-refractivity contribution in [1.82, 2.24) is 10.2 Å². The van der Waals surface area contributed by atoms with E-state index in [0.717, 1.165) is 42.7 Å². The predicted octanol–water partition coefficient (Wildman–Crippen LogP) is 3.74. The molecule has 3 rings (SSSR count). The minimum Gasteiger partial charge on any atom is -0.493 e. The summed E-state index contributed by atoms with van der Waals surface area (Å²) >= 11 is 6.09. The van der Waals surface area contributed by atoms with Crippen molar-refractivity contribution in [2.75, 3.05) is 39.9 Å². The van der Waals surface area contributed by atoms with Crippen molar-refractivity contribution < 1.29 is 9.47 Å². The van der Waals surface area contributed by atoms with E-state index >= 15 is 0 Å². The molecule has 0 aromatic heterocycles. The molecule has 4 nitrogen and oxygen atoms in total. The lowest BCUT2D eigenvalue weighted by Gasteiger charge is -2.35. The van der Waals surface area contributed by atoms with Crippen LogP contribution in [0.15, 0.2) is 42.5 Å². The molecule has 0 bridgehead atoms. The number of hydrogen-bond acceptors (Lipinski definition) is 4. The molecule has 5 heteroatoms. The fourth-order valence-corrected chi connectivity index (χ4v) is 3.46. The Morgan fingerprint density at radius 3 is 2.36 bits per heavy atom. The molecule has 134 valence electrons. The highest BCUT2D eigenvalue weighted by atomic mass is 35.5. The highest BCUT2D eigenvalue weighted by molar-refractivity contribution is 6.30. The van der Waals surface area contributed by atoms with Gasteiger partial charge in [-0.1, -0.05) is 29.8 Å². The van der Waals surface area contributed by atoms with Gasteiger partial charge in [-0.25, -0.2) is 0 Å². The zero-order chi connectivity index (χ0) is 17.6. The van der Waals surface area contributed by atoms with Gasteiger partial charge in [0.1, 0.15) is 0 Å². The Kier molecular flexibility index (Phi) is 6.19. The first kappa shape index (κ1) is 18.1. The molecule has 1 heterocycles. The van der Waals surface area contributed by atoms with Gasteiger partial charge in [0.25, 0.3) is 0 Å². The van der Waals surface area contributed by atoms with Crippen molar-refractivity contribution in [2.45, 2.75) is 13.0 Å². The summed E-state index contributed by atoms with van der Waals surface area (Å²) in [5, 5.41) is 4.18. The maximum Gasteiger partial charge on any atom is 0.161 e. The van der Waals surface area contributed by atoms with E-state index in [0.29, 0.717) is 6.61 Å². The molecular weight excluding hydrogens is 336 g/mol. The molecule has 1 atom stereocenters. The second kappa shape index (κ2) is 8.56. The average Bonchev–Trinajstić information content (AvgIpc) is 2.65. The van der Waals surface area contributed by atoms with Gasteiger partial charge < -0.3 is 14.8 Å². The second-order valence-electron chi connectivity index (χ2n) is 6.08. The van der Waals surface area contributed by atoms with Crippen molar-refractivity contribution in [1.29, 1.82) is 0 Å². The summed E-state index contributed by atoms with van der Waals surface area (Å²) in [6.07, 6.45) is 0. The molecule has 1 saturated heterocycles. The zero-order valence-electron chi connectivity index (χ0n) is 14.8. The summed E-state index contributed by atoms with van der Waals surface area (Å²) in [4.78, 5) is 2.50. The lowest BCUT2D eigenvalue weighted by atomic mass is 9.96. The first-order valence-corrected chi connectivity index (χ1v) is 9.11. The maximum atomic E-state index is 6.09. The van der Waals surface area contributed by atoms with Crippen molar-refractivity contribution in [2.24, 2.45) is 0 Å². The molecule has 1 fully saturated rings. The fourth-order valence-electron chi connectivity index (χ4n) is 3.33. The number of rotatable bonds is 6. The van der Waals surface area contributed by atoms with Gasteiger partial charge in [0.05, 0.1) is 19.8 Å². The highest BCUT2D eigenvalue weighted by Crippen LogP contribution is 2.35. The molecular formula is C20H25ClN2O2. The van der Waals surface area contributed by atoms with Crippen LogP contribution in [0.4, 0.5) is 0 Å². The number of halogens is 1. The number of benzene rings is 2. The van der Waals surface area contributed by atoms with Gasteiger partial charge in [-0.05, 0) is 42.3 Å². The number of nitrogens with one attached hydrogen (secondary N) is 1. The summed E-state index contributed by atoms with van der Waals surface area (Å²) in [7, 11) is 1.67. The van der Waals surface area contributed by atoms with Crippen molar-refractivity contribution in [3.8, 4) is 11.5 Å². The topological polar surface area (TPSA) is 33.7 Å². The van der Waals surface area contributed by atoms with E-state index in [1.54, 1.807) is 7.11 Å². The van der Waals surface area contributed by atoms with E-state index in [9.17, 15) is 0 Å². The Hall–Kier alpha value is -1.75. The first-order chi connectivity index (χ1) is 12.2. The molecule has 0 spiro atoms. The smallest absolute Gasteiger partial charge is 0.161 e. The Balaban J connectivity index is 2.01. The quantitative estimate of drug-likeness (QED) is 0.850. The molecule has 0 amide bonds. The van der Waals surface area contributed by atoms with E-state index in [1.807, 2.05) is 25.1 Å². The van der Waals surface area contributed by atoms with Gasteiger partial charge in [-0.3, -0.25) is 4.90 Å². The van der Waals surface area contributed by atoms with E-state index in [-0.39, 0.29) is 6.04 Å². The third-order valence-corrected chi connectivity index (χ3v) is 4.76. The molecule has 25 heavy (non-hydrogen) atoms. The van der Waals surface area contributed by atoms with Crippen molar-refractivity contribution >= 4 is 11.6 Å². The van der Waals surface area contributed by atoms with Crippen LogP contribution in [-0.4, -0.2) is 44.8 Å². The number of methoxy groups -OCH3 is 1. The summed E-state index contributed by atoms with van der Waals surface area (Å²) in [6, 6.07) is 14.5. The number of piperazine rings is 1. The minimum atomic E-state index is 0.171. The third kappa shape index (κ3) is 4.27. The summed E-state index contributed by atoms with van der Waals surface area (Å²) in [6.45, 7) is 6.60. The third-order valence-electron chi connectivity index (χ3n) is 4.51. The van der Waals surface area contributed by atoms with Crippen LogP contribution in [0.1, 0.15) is 24.1 Å². The fraction of sp³-hybridized carbons (Fsp3) is 0.400. The van der Waals surface area contributed by atoms with Crippen LogP contribution in [0.25, 0.3) is 0 Å². The van der Waals surface area contributed by atoms with Gasteiger partial charge in [-0.15, -0.1) is 0 Å². The molecule has 1 N–H and O–H groups in total. The van der Waals surface area contributed by atoms with Gasteiger partial charge in [0.15, 0.2) is 11.5 Å². The standard InChI is InChI=1S/C20H25ClN2O2/c1-3-25-19-14-16(6-9-18(19)24-2)20(23-12-10-22-11-13-23)15-4-7-17(21)8-5-15/h4-9,14,20,22H,3,10-13H2,1-2H3. The summed E-state index contributed by atoms with van der Waals surface area (Å²) in [5.41, 5.74) is 2.44. The second-order valence-corrected chi connectivity index (χ2v) is 6.52. The maximum absolute atomic E-state index is 6.09. The summed E-state index contributed by atoms with van der Waals surface area (Å²) < 4.78 is 11.2. The van der Waals surface area contributed by atoms with Gasteiger partial charge >= 0.3 is 0 Å². The van der Waals surface area contributed by atoms with Crippen LogP contribution in [0.3, 0.4) is 0 Å². The zero-order valence-corrected chi connectivity index (χ0v) is 15.6. The Labute approximate surface area is 154 Å². The molecule has 2 aromatic carbocycles. The van der Waals surface area contributed by atoms with Gasteiger partial charge in [0, 0.05) is 31.2 Å². The SMILES string of the molecule is CCOc1cc(C(c2ccc(Cl)cc2)N2CCNCC2)ccc1OC. The van der Waals surface area contributed by atoms with Crippen LogP contribution < -0.4 is 14.8 Å². The molecule has 0 aliphatic carbocycles. The number of hydrogen-bond donors (Lipinski definition) is 1. The van der Waals surface area contributed by atoms with Gasteiger partial charge in [0.2, 0.25) is 0 Å². The number of ether oxygens (including phenoxy) is 2. The van der Waals surface area contributed by atoms with Crippen LogP contribution in [0.5, 0.6) is 11.5 Å². The molecule has 0 saturated carbocycles. The monoisotopic (exact) mass is 360 g/mol. The molecule has 1 aliphatic heterocycles. The number of nitrogens with zero attached hydrogens (tertiary/aromatic N) is 1.